The van der Waals surface area contributed by atoms with Crippen LogP contribution >= 0.6 is 15.9 Å². The average molecular weight is 299 g/mol. The van der Waals surface area contributed by atoms with Gasteiger partial charge in [0.25, 0.3) is 0 Å². The molecule has 1 atom stereocenters. The molecule has 0 amide bonds. The SMILES string of the molecule is Fc1ccc2c(cnn2C2CCCCO2)c1Br. The summed E-state index contributed by atoms with van der Waals surface area (Å²) in [7, 11) is 0. The van der Waals surface area contributed by atoms with Gasteiger partial charge in [-0.1, -0.05) is 0 Å². The summed E-state index contributed by atoms with van der Waals surface area (Å²) in [6, 6.07) is 3.20. The molecule has 17 heavy (non-hydrogen) atoms. The molecule has 1 aromatic heterocycles. The summed E-state index contributed by atoms with van der Waals surface area (Å²) in [5.41, 5.74) is 0.908. The van der Waals surface area contributed by atoms with E-state index >= 15 is 0 Å². The number of fused-ring (bicyclic) bond motifs is 1. The number of halogens is 2. The van der Waals surface area contributed by atoms with Crippen LogP contribution in [0.25, 0.3) is 10.9 Å². The van der Waals surface area contributed by atoms with Crippen molar-refractivity contribution in [3.05, 3.63) is 28.6 Å². The van der Waals surface area contributed by atoms with Crippen LogP contribution in [0, 0.1) is 5.82 Å². The Morgan fingerprint density at radius 2 is 2.29 bits per heavy atom. The molecule has 5 heteroatoms. The lowest BCUT2D eigenvalue weighted by Crippen LogP contribution is -2.18. The standard InChI is InChI=1S/C12H12BrFN2O/c13-12-8-7-15-16(10(8)5-4-9(12)14)11-3-1-2-6-17-11/h4-5,7,11H,1-3,6H2. The number of hydrogen-bond donors (Lipinski definition) is 0. The molecule has 1 saturated heterocycles. The van der Waals surface area contributed by atoms with E-state index in [4.69, 9.17) is 4.74 Å². The number of ether oxygens (including phenoxy) is 1. The van der Waals surface area contributed by atoms with E-state index in [1.807, 2.05) is 4.68 Å². The molecule has 0 radical (unpaired) electrons. The predicted octanol–water partition coefficient (Wildman–Crippen LogP) is 3.64. The van der Waals surface area contributed by atoms with Gasteiger partial charge < -0.3 is 4.74 Å². The van der Waals surface area contributed by atoms with Crippen molar-refractivity contribution in [2.75, 3.05) is 6.61 Å². The first-order valence-electron chi connectivity index (χ1n) is 5.70. The zero-order valence-corrected chi connectivity index (χ0v) is 10.8. The molecule has 0 spiro atoms. The smallest absolute Gasteiger partial charge is 0.150 e. The third-order valence-corrected chi connectivity index (χ3v) is 3.90. The lowest BCUT2D eigenvalue weighted by Gasteiger charge is -2.23. The van der Waals surface area contributed by atoms with E-state index in [1.165, 1.54) is 6.07 Å². The molecule has 0 bridgehead atoms. The molecule has 0 N–H and O–H groups in total. The lowest BCUT2D eigenvalue weighted by atomic mass is 10.2. The summed E-state index contributed by atoms with van der Waals surface area (Å²) in [4.78, 5) is 0. The average Bonchev–Trinajstić information content (AvgIpc) is 2.79. The van der Waals surface area contributed by atoms with Gasteiger partial charge in [-0.25, -0.2) is 9.07 Å². The van der Waals surface area contributed by atoms with E-state index in [0.717, 1.165) is 36.8 Å². The molecule has 3 nitrogen and oxygen atoms in total. The van der Waals surface area contributed by atoms with Crippen LogP contribution < -0.4 is 0 Å². The lowest BCUT2D eigenvalue weighted by molar-refractivity contribution is -0.0366. The fourth-order valence-electron chi connectivity index (χ4n) is 2.21. The van der Waals surface area contributed by atoms with Crippen LogP contribution in [0.2, 0.25) is 0 Å². The van der Waals surface area contributed by atoms with Crippen LogP contribution in [0.15, 0.2) is 22.8 Å². The quantitative estimate of drug-likeness (QED) is 0.804. The number of nitrogens with zero attached hydrogens (tertiary/aromatic N) is 2. The summed E-state index contributed by atoms with van der Waals surface area (Å²) in [5.74, 6) is -0.262. The summed E-state index contributed by atoms with van der Waals surface area (Å²) in [5, 5.41) is 5.11. The van der Waals surface area contributed by atoms with Crippen LogP contribution in [0.1, 0.15) is 25.5 Å². The predicted molar refractivity (Wildman–Crippen MR) is 66.2 cm³/mol. The van der Waals surface area contributed by atoms with E-state index in [1.54, 1.807) is 12.3 Å². The number of rotatable bonds is 1. The Kier molecular flexibility index (Phi) is 2.88. The molecule has 1 aliphatic heterocycles. The van der Waals surface area contributed by atoms with Crippen molar-refractivity contribution in [2.45, 2.75) is 25.5 Å². The van der Waals surface area contributed by atoms with Crippen LogP contribution in [0.4, 0.5) is 4.39 Å². The van der Waals surface area contributed by atoms with Gasteiger partial charge >= 0.3 is 0 Å². The second-order valence-electron chi connectivity index (χ2n) is 4.20. The second-order valence-corrected chi connectivity index (χ2v) is 5.00. The van der Waals surface area contributed by atoms with Gasteiger partial charge in [-0.05, 0) is 47.3 Å². The Hall–Kier alpha value is -0.940. The van der Waals surface area contributed by atoms with Crippen LogP contribution in [0.3, 0.4) is 0 Å². The Morgan fingerprint density at radius 3 is 3.06 bits per heavy atom. The van der Waals surface area contributed by atoms with Crippen LogP contribution in [0.5, 0.6) is 0 Å². The van der Waals surface area contributed by atoms with Crippen molar-refractivity contribution in [2.24, 2.45) is 0 Å². The first kappa shape index (κ1) is 11.2. The molecule has 1 aromatic carbocycles. The van der Waals surface area contributed by atoms with E-state index < -0.39 is 0 Å². The molecular formula is C12H12BrFN2O. The highest BCUT2D eigenvalue weighted by Crippen LogP contribution is 2.30. The van der Waals surface area contributed by atoms with E-state index in [2.05, 4.69) is 21.0 Å². The monoisotopic (exact) mass is 298 g/mol. The fraction of sp³-hybridized carbons (Fsp3) is 0.417. The summed E-state index contributed by atoms with van der Waals surface area (Å²) in [6.07, 6.45) is 4.88. The minimum absolute atomic E-state index is 0.0152. The number of hydrogen-bond acceptors (Lipinski definition) is 2. The van der Waals surface area contributed by atoms with Gasteiger partial charge in [0, 0.05) is 12.0 Å². The molecule has 2 heterocycles. The number of aromatic nitrogens is 2. The molecule has 1 unspecified atom stereocenters. The van der Waals surface area contributed by atoms with Gasteiger partial charge in [0.05, 0.1) is 16.2 Å². The number of benzene rings is 1. The molecule has 1 aliphatic rings. The van der Waals surface area contributed by atoms with Gasteiger partial charge in [0.15, 0.2) is 6.23 Å². The molecule has 0 saturated carbocycles. The summed E-state index contributed by atoms with van der Waals surface area (Å²) >= 11 is 3.25. The van der Waals surface area contributed by atoms with Crippen molar-refractivity contribution < 1.29 is 9.13 Å². The van der Waals surface area contributed by atoms with Crippen molar-refractivity contribution in [3.63, 3.8) is 0 Å². The molecule has 90 valence electrons. The van der Waals surface area contributed by atoms with Crippen molar-refractivity contribution >= 4 is 26.8 Å². The summed E-state index contributed by atoms with van der Waals surface area (Å²) in [6.45, 7) is 0.772. The van der Waals surface area contributed by atoms with Gasteiger partial charge in [-0.2, -0.15) is 5.10 Å². The van der Waals surface area contributed by atoms with Crippen molar-refractivity contribution in [3.8, 4) is 0 Å². The maximum Gasteiger partial charge on any atom is 0.150 e. The Bertz CT molecular complexity index is 549. The Labute approximate surface area is 107 Å². The minimum atomic E-state index is -0.262. The molecule has 1 fully saturated rings. The van der Waals surface area contributed by atoms with Crippen LogP contribution in [-0.4, -0.2) is 16.4 Å². The highest BCUT2D eigenvalue weighted by atomic mass is 79.9. The highest BCUT2D eigenvalue weighted by Gasteiger charge is 2.19. The molecule has 3 rings (SSSR count). The van der Waals surface area contributed by atoms with E-state index in [-0.39, 0.29) is 12.0 Å². The largest absolute Gasteiger partial charge is 0.356 e. The third kappa shape index (κ3) is 1.87. The second kappa shape index (κ2) is 4.38. The van der Waals surface area contributed by atoms with Crippen molar-refractivity contribution in [1.29, 1.82) is 0 Å². The first-order valence-corrected chi connectivity index (χ1v) is 6.49. The van der Waals surface area contributed by atoms with Gasteiger partial charge in [-0.15, -0.1) is 0 Å². The van der Waals surface area contributed by atoms with Crippen molar-refractivity contribution in [1.82, 2.24) is 9.78 Å². The third-order valence-electron chi connectivity index (χ3n) is 3.10. The fourth-order valence-corrected chi connectivity index (χ4v) is 2.64. The summed E-state index contributed by atoms with van der Waals surface area (Å²) < 4.78 is 21.4. The normalized spacial score (nSPS) is 20.9. The van der Waals surface area contributed by atoms with E-state index in [0.29, 0.717) is 4.47 Å². The minimum Gasteiger partial charge on any atom is -0.356 e. The first-order chi connectivity index (χ1) is 8.27. The maximum atomic E-state index is 13.4. The molecular weight excluding hydrogens is 287 g/mol. The topological polar surface area (TPSA) is 27.1 Å². The zero-order chi connectivity index (χ0) is 11.8. The zero-order valence-electron chi connectivity index (χ0n) is 9.20. The maximum absolute atomic E-state index is 13.4. The van der Waals surface area contributed by atoms with Crippen LogP contribution in [-0.2, 0) is 4.74 Å². The Balaban J connectivity index is 2.08. The van der Waals surface area contributed by atoms with Gasteiger partial charge in [-0.3, -0.25) is 0 Å². The van der Waals surface area contributed by atoms with E-state index in [9.17, 15) is 4.39 Å². The molecule has 2 aromatic rings. The Morgan fingerprint density at radius 1 is 1.41 bits per heavy atom. The van der Waals surface area contributed by atoms with Gasteiger partial charge in [0.1, 0.15) is 5.82 Å². The molecule has 0 aliphatic carbocycles. The van der Waals surface area contributed by atoms with Gasteiger partial charge in [0.2, 0.25) is 0 Å². The highest BCUT2D eigenvalue weighted by molar-refractivity contribution is 9.10.